The van der Waals surface area contributed by atoms with Crippen LogP contribution < -0.4 is 0 Å². The van der Waals surface area contributed by atoms with Crippen molar-refractivity contribution < 1.29 is 23.1 Å². The molecule has 0 aromatic heterocycles. The molecule has 0 bridgehead atoms. The van der Waals surface area contributed by atoms with Crippen molar-refractivity contribution in [1.29, 1.82) is 0 Å². The standard InChI is InChI=1S/C14H26O5Si/c1-5-7-14(16-2)12(9-11-10-19-11)13(15)6-8-20(14,17-3)18-4/h11-12H,5-10H2,1-4H3. The van der Waals surface area contributed by atoms with E-state index in [1.54, 1.807) is 21.3 Å². The Morgan fingerprint density at radius 2 is 2.00 bits per heavy atom. The number of ketones is 1. The summed E-state index contributed by atoms with van der Waals surface area (Å²) in [5.41, 5.74) is 0. The third kappa shape index (κ3) is 2.48. The Hall–Kier alpha value is -0.273. The van der Waals surface area contributed by atoms with Gasteiger partial charge in [-0.3, -0.25) is 4.79 Å². The van der Waals surface area contributed by atoms with Gasteiger partial charge in [-0.05, 0) is 12.8 Å². The average Bonchev–Trinajstić information content (AvgIpc) is 3.28. The summed E-state index contributed by atoms with van der Waals surface area (Å²) in [7, 11) is 2.50. The molecule has 0 N–H and O–H groups in total. The van der Waals surface area contributed by atoms with Gasteiger partial charge >= 0.3 is 8.56 Å². The summed E-state index contributed by atoms with van der Waals surface area (Å²) in [5.74, 6) is 0.105. The van der Waals surface area contributed by atoms with Gasteiger partial charge in [-0.25, -0.2) is 0 Å². The van der Waals surface area contributed by atoms with E-state index in [9.17, 15) is 4.79 Å². The van der Waals surface area contributed by atoms with Crippen molar-refractivity contribution in [2.24, 2.45) is 5.92 Å². The highest BCUT2D eigenvalue weighted by molar-refractivity contribution is 6.71. The second-order valence-electron chi connectivity index (χ2n) is 5.71. The van der Waals surface area contributed by atoms with E-state index in [1.165, 1.54) is 0 Å². The van der Waals surface area contributed by atoms with E-state index in [2.05, 4.69) is 6.92 Å². The number of methoxy groups -OCH3 is 1. The van der Waals surface area contributed by atoms with E-state index in [-0.39, 0.29) is 17.8 Å². The number of epoxide rings is 1. The highest BCUT2D eigenvalue weighted by atomic mass is 28.4. The number of rotatable bonds is 7. The van der Waals surface area contributed by atoms with Crippen molar-refractivity contribution in [2.75, 3.05) is 27.9 Å². The van der Waals surface area contributed by atoms with Crippen molar-refractivity contribution >= 4 is 14.3 Å². The summed E-state index contributed by atoms with van der Waals surface area (Å²) >= 11 is 0. The first-order valence-corrected chi connectivity index (χ1v) is 9.41. The molecule has 0 amide bonds. The summed E-state index contributed by atoms with van der Waals surface area (Å²) in [6.45, 7) is 2.86. The quantitative estimate of drug-likeness (QED) is 0.530. The average molecular weight is 302 g/mol. The first-order chi connectivity index (χ1) is 9.59. The lowest BCUT2D eigenvalue weighted by Crippen LogP contribution is -2.70. The second kappa shape index (κ2) is 6.23. The first kappa shape index (κ1) is 16.1. The van der Waals surface area contributed by atoms with Crippen LogP contribution in [0.5, 0.6) is 0 Å². The molecule has 0 aromatic rings. The van der Waals surface area contributed by atoms with Crippen molar-refractivity contribution in [1.82, 2.24) is 0 Å². The zero-order chi connectivity index (χ0) is 14.8. The third-order valence-electron chi connectivity index (χ3n) is 4.84. The van der Waals surface area contributed by atoms with E-state index in [0.29, 0.717) is 12.5 Å². The predicted octanol–water partition coefficient (Wildman–Crippen LogP) is 1.82. The molecule has 2 saturated heterocycles. The summed E-state index contributed by atoms with van der Waals surface area (Å²) in [6.07, 6.45) is 3.19. The van der Waals surface area contributed by atoms with Crippen LogP contribution in [0.2, 0.25) is 6.04 Å². The Morgan fingerprint density at radius 3 is 2.45 bits per heavy atom. The molecule has 2 fully saturated rings. The van der Waals surface area contributed by atoms with Gasteiger partial charge in [0.15, 0.2) is 0 Å². The highest BCUT2D eigenvalue weighted by Gasteiger charge is 2.65. The maximum absolute atomic E-state index is 12.5. The fourth-order valence-corrected chi connectivity index (χ4v) is 7.77. The molecule has 2 rings (SSSR count). The van der Waals surface area contributed by atoms with Gasteiger partial charge in [-0.2, -0.15) is 0 Å². The molecular formula is C14H26O5Si. The second-order valence-corrected chi connectivity index (χ2v) is 9.38. The van der Waals surface area contributed by atoms with E-state index in [1.807, 2.05) is 0 Å². The van der Waals surface area contributed by atoms with E-state index in [0.717, 1.165) is 25.9 Å². The van der Waals surface area contributed by atoms with Crippen LogP contribution in [0.1, 0.15) is 32.6 Å². The van der Waals surface area contributed by atoms with Crippen molar-refractivity contribution in [3.63, 3.8) is 0 Å². The molecule has 0 radical (unpaired) electrons. The largest absolute Gasteiger partial charge is 0.396 e. The molecule has 0 spiro atoms. The molecular weight excluding hydrogens is 276 g/mol. The fourth-order valence-electron chi connectivity index (χ4n) is 3.76. The fraction of sp³-hybridized carbons (Fsp3) is 0.929. The maximum atomic E-state index is 12.5. The maximum Gasteiger partial charge on any atom is 0.371 e. The molecule has 2 aliphatic heterocycles. The van der Waals surface area contributed by atoms with Crippen LogP contribution in [0.3, 0.4) is 0 Å². The Morgan fingerprint density at radius 1 is 1.35 bits per heavy atom. The van der Waals surface area contributed by atoms with Crippen molar-refractivity contribution in [3.05, 3.63) is 0 Å². The Kier molecular flexibility index (Phi) is 5.02. The zero-order valence-corrected chi connectivity index (χ0v) is 13.9. The topological polar surface area (TPSA) is 57.3 Å². The molecule has 116 valence electrons. The van der Waals surface area contributed by atoms with Crippen molar-refractivity contribution in [3.8, 4) is 0 Å². The molecule has 3 unspecified atom stereocenters. The van der Waals surface area contributed by atoms with Gasteiger partial charge in [0, 0.05) is 33.8 Å². The first-order valence-electron chi connectivity index (χ1n) is 7.39. The van der Waals surface area contributed by atoms with Crippen LogP contribution in [0.25, 0.3) is 0 Å². The Bertz CT molecular complexity index is 353. The van der Waals surface area contributed by atoms with E-state index in [4.69, 9.17) is 18.3 Å². The van der Waals surface area contributed by atoms with Crippen LogP contribution in [0.15, 0.2) is 0 Å². The molecule has 0 aliphatic carbocycles. The molecule has 0 aromatic carbocycles. The van der Waals surface area contributed by atoms with Gasteiger partial charge in [0.1, 0.15) is 11.0 Å². The minimum atomic E-state index is -2.57. The number of carbonyl (C=O) groups is 1. The van der Waals surface area contributed by atoms with Gasteiger partial charge in [0.05, 0.1) is 18.6 Å². The van der Waals surface area contributed by atoms with Crippen LogP contribution in [0.4, 0.5) is 0 Å². The Labute approximate surface area is 122 Å². The molecule has 3 atom stereocenters. The van der Waals surface area contributed by atoms with Crippen LogP contribution in [-0.2, 0) is 23.1 Å². The van der Waals surface area contributed by atoms with Crippen LogP contribution in [0, 0.1) is 5.92 Å². The number of carbonyl (C=O) groups excluding carboxylic acids is 1. The third-order valence-corrected chi connectivity index (χ3v) is 9.16. The highest BCUT2D eigenvalue weighted by Crippen LogP contribution is 2.47. The zero-order valence-electron chi connectivity index (χ0n) is 12.9. The lowest BCUT2D eigenvalue weighted by Gasteiger charge is -2.51. The molecule has 20 heavy (non-hydrogen) atoms. The van der Waals surface area contributed by atoms with Gasteiger partial charge in [0.2, 0.25) is 0 Å². The summed E-state index contributed by atoms with van der Waals surface area (Å²) in [5, 5.41) is -0.591. The smallest absolute Gasteiger partial charge is 0.371 e. The van der Waals surface area contributed by atoms with Crippen molar-refractivity contribution in [2.45, 2.75) is 50.0 Å². The minimum Gasteiger partial charge on any atom is -0.396 e. The molecule has 0 saturated carbocycles. The van der Waals surface area contributed by atoms with Crippen LogP contribution in [-0.4, -0.2) is 53.6 Å². The Balaban J connectivity index is 2.39. The number of hydrogen-bond donors (Lipinski definition) is 0. The lowest BCUT2D eigenvalue weighted by atomic mass is 9.87. The molecule has 2 aliphatic rings. The summed E-state index contributed by atoms with van der Waals surface area (Å²) in [4.78, 5) is 12.5. The normalized spacial score (nSPS) is 36.1. The molecule has 5 nitrogen and oxygen atoms in total. The number of Topliss-reactive ketones (excluding diaryl/α,β-unsaturated/α-hetero) is 1. The van der Waals surface area contributed by atoms with E-state index >= 15 is 0 Å². The van der Waals surface area contributed by atoms with Gasteiger partial charge in [-0.1, -0.05) is 13.3 Å². The summed E-state index contributed by atoms with van der Waals surface area (Å²) in [6, 6.07) is 0.675. The van der Waals surface area contributed by atoms with Gasteiger partial charge < -0.3 is 18.3 Å². The monoisotopic (exact) mass is 302 g/mol. The van der Waals surface area contributed by atoms with E-state index < -0.39 is 13.8 Å². The number of hydrogen-bond acceptors (Lipinski definition) is 5. The molecule has 6 heteroatoms. The van der Waals surface area contributed by atoms with Gasteiger partial charge in [-0.15, -0.1) is 0 Å². The number of ether oxygens (including phenoxy) is 2. The summed E-state index contributed by atoms with van der Waals surface area (Å²) < 4.78 is 23.0. The SMILES string of the molecule is CCCC1(OC)C(CC2CO2)C(=O)CC[Si]1(OC)OC. The van der Waals surface area contributed by atoms with Gasteiger partial charge in [0.25, 0.3) is 0 Å². The lowest BCUT2D eigenvalue weighted by molar-refractivity contribution is -0.136. The van der Waals surface area contributed by atoms with Crippen LogP contribution >= 0.6 is 0 Å². The minimum absolute atomic E-state index is 0.166. The predicted molar refractivity (Wildman–Crippen MR) is 76.7 cm³/mol. The molecule has 2 heterocycles.